The van der Waals surface area contributed by atoms with Crippen LogP contribution >= 0.6 is 11.8 Å². The van der Waals surface area contributed by atoms with Crippen LogP contribution in [0.5, 0.6) is 0 Å². The van der Waals surface area contributed by atoms with E-state index in [2.05, 4.69) is 16.0 Å². The number of esters is 1. The minimum atomic E-state index is -2.21. The molecule has 1 heterocycles. The standard InChI is InChI=1S/C38H45N3O12S/c1-23(42)40-32-29(43)21-38(37(50)51-2,52-18-6-19-54-20-17-31(45)41-28-15-13-27(14-16-28)36(48)49)53-34(32)33(46)30(44)22-39-35(47)26-11-9-25(10-12-26)24-7-4-3-5-8-24/h3-5,7-16,29-30,32-34,43-44,46H,6,17-22H2,1-2H3,(H,39,47)(H,40,42)(H,41,45)(H,48,49)/t29-,30-,32-,33-,34?,38-/m1/s1. The molecule has 1 saturated heterocycles. The molecule has 3 amide bonds. The number of carboxylic acids is 1. The van der Waals surface area contributed by atoms with Gasteiger partial charge in [0.25, 0.3) is 11.7 Å². The van der Waals surface area contributed by atoms with Gasteiger partial charge in [-0.25, -0.2) is 9.59 Å². The van der Waals surface area contributed by atoms with E-state index in [0.29, 0.717) is 29.2 Å². The number of anilines is 1. The molecule has 0 aliphatic carbocycles. The van der Waals surface area contributed by atoms with Gasteiger partial charge in [-0.15, -0.1) is 0 Å². The fourth-order valence-electron chi connectivity index (χ4n) is 5.76. The van der Waals surface area contributed by atoms with Gasteiger partial charge in [0.2, 0.25) is 11.8 Å². The normalized spacial score (nSPS) is 20.6. The van der Waals surface area contributed by atoms with E-state index in [1.165, 1.54) is 43.0 Å². The molecule has 16 heteroatoms. The van der Waals surface area contributed by atoms with Crippen molar-refractivity contribution in [2.75, 3.05) is 37.1 Å². The van der Waals surface area contributed by atoms with Crippen LogP contribution in [-0.2, 0) is 28.6 Å². The summed E-state index contributed by atoms with van der Waals surface area (Å²) in [5.41, 5.74) is 2.76. The summed E-state index contributed by atoms with van der Waals surface area (Å²) in [6.07, 6.45) is -6.48. The maximum atomic E-state index is 13.1. The summed E-state index contributed by atoms with van der Waals surface area (Å²) in [4.78, 5) is 61.3. The second-order valence-corrected chi connectivity index (χ2v) is 13.8. The molecule has 4 rings (SSSR count). The quantitative estimate of drug-likeness (QED) is 0.0728. The molecule has 3 aromatic carbocycles. The van der Waals surface area contributed by atoms with E-state index >= 15 is 0 Å². The summed E-state index contributed by atoms with van der Waals surface area (Å²) < 4.78 is 16.8. The number of carboxylic acid groups (broad SMARTS) is 1. The van der Waals surface area contributed by atoms with Crippen LogP contribution < -0.4 is 16.0 Å². The first-order chi connectivity index (χ1) is 25.8. The Hall–Kier alpha value is -4.84. The molecule has 0 spiro atoms. The van der Waals surface area contributed by atoms with Crippen molar-refractivity contribution < 1.29 is 58.6 Å². The molecule has 15 nitrogen and oxygen atoms in total. The Morgan fingerprint density at radius 3 is 2.20 bits per heavy atom. The Labute approximate surface area is 316 Å². The average molecular weight is 768 g/mol. The zero-order valence-corrected chi connectivity index (χ0v) is 30.6. The van der Waals surface area contributed by atoms with Crippen LogP contribution in [-0.4, -0.2) is 118 Å². The number of amides is 3. The summed E-state index contributed by atoms with van der Waals surface area (Å²) in [5, 5.41) is 50.1. The van der Waals surface area contributed by atoms with Gasteiger partial charge >= 0.3 is 11.9 Å². The molecule has 1 fully saturated rings. The lowest BCUT2D eigenvalue weighted by Gasteiger charge is -2.47. The third kappa shape index (κ3) is 11.6. The van der Waals surface area contributed by atoms with Crippen LogP contribution in [0.1, 0.15) is 46.9 Å². The van der Waals surface area contributed by atoms with Gasteiger partial charge in [-0.05, 0) is 59.7 Å². The first kappa shape index (κ1) is 41.9. The highest BCUT2D eigenvalue weighted by Crippen LogP contribution is 2.34. The second-order valence-electron chi connectivity index (χ2n) is 12.5. The average Bonchev–Trinajstić information content (AvgIpc) is 3.17. The lowest BCUT2D eigenvalue weighted by molar-refractivity contribution is -0.311. The van der Waals surface area contributed by atoms with Gasteiger partial charge in [-0.1, -0.05) is 42.5 Å². The van der Waals surface area contributed by atoms with Crippen LogP contribution in [0.3, 0.4) is 0 Å². The van der Waals surface area contributed by atoms with Crippen molar-refractivity contribution in [3.8, 4) is 11.1 Å². The van der Waals surface area contributed by atoms with E-state index in [-0.39, 0.29) is 24.5 Å². The third-order valence-corrected chi connectivity index (χ3v) is 9.62. The molecule has 6 atom stereocenters. The van der Waals surface area contributed by atoms with Gasteiger partial charge in [0, 0.05) is 43.3 Å². The summed E-state index contributed by atoms with van der Waals surface area (Å²) in [5.74, 6) is -4.68. The molecule has 1 aliphatic rings. The van der Waals surface area contributed by atoms with Crippen molar-refractivity contribution in [2.24, 2.45) is 0 Å². The Morgan fingerprint density at radius 2 is 1.57 bits per heavy atom. The predicted octanol–water partition coefficient (Wildman–Crippen LogP) is 2.20. The number of methoxy groups -OCH3 is 1. The predicted molar refractivity (Wildman–Crippen MR) is 199 cm³/mol. The molecule has 0 saturated carbocycles. The summed E-state index contributed by atoms with van der Waals surface area (Å²) in [6, 6.07) is 20.9. The van der Waals surface area contributed by atoms with Crippen LogP contribution in [0.15, 0.2) is 78.9 Å². The van der Waals surface area contributed by atoms with Gasteiger partial charge in [0.05, 0.1) is 37.5 Å². The Kier molecular flexibility index (Phi) is 15.5. The van der Waals surface area contributed by atoms with Gasteiger partial charge in [0.1, 0.15) is 12.2 Å². The summed E-state index contributed by atoms with van der Waals surface area (Å²) in [7, 11) is 1.09. The second kappa shape index (κ2) is 20.0. The van der Waals surface area contributed by atoms with E-state index in [0.717, 1.165) is 18.2 Å². The van der Waals surface area contributed by atoms with Crippen molar-refractivity contribution >= 4 is 47.1 Å². The number of nitrogens with one attached hydrogen (secondary N) is 3. The Balaban J connectivity index is 1.31. The molecule has 1 unspecified atom stereocenters. The molecular formula is C38H45N3O12S. The smallest absolute Gasteiger partial charge is 0.366 e. The van der Waals surface area contributed by atoms with Crippen molar-refractivity contribution in [3.63, 3.8) is 0 Å². The fraction of sp³-hybridized carbons (Fsp3) is 0.395. The first-order valence-corrected chi connectivity index (χ1v) is 18.3. The maximum Gasteiger partial charge on any atom is 0.366 e. The number of aromatic carboxylic acids is 1. The summed E-state index contributed by atoms with van der Waals surface area (Å²) in [6.45, 7) is 0.683. The number of hydrogen-bond acceptors (Lipinski definition) is 12. The molecule has 1 aliphatic heterocycles. The molecular weight excluding hydrogens is 722 g/mol. The van der Waals surface area contributed by atoms with Crippen LogP contribution in [0.2, 0.25) is 0 Å². The van der Waals surface area contributed by atoms with E-state index in [1.54, 1.807) is 24.3 Å². The lowest BCUT2D eigenvalue weighted by atomic mass is 9.88. The van der Waals surface area contributed by atoms with Crippen molar-refractivity contribution in [2.45, 2.75) is 62.4 Å². The number of carbonyl (C=O) groups is 5. The number of carbonyl (C=O) groups excluding carboxylic acids is 4. The number of rotatable bonds is 18. The van der Waals surface area contributed by atoms with Crippen molar-refractivity contribution in [3.05, 3.63) is 90.0 Å². The van der Waals surface area contributed by atoms with E-state index in [1.807, 2.05) is 30.3 Å². The maximum absolute atomic E-state index is 13.1. The highest BCUT2D eigenvalue weighted by molar-refractivity contribution is 7.99. The number of aliphatic hydroxyl groups is 3. The number of hydrogen-bond donors (Lipinski definition) is 7. The number of thioether (sulfide) groups is 1. The molecule has 7 N–H and O–H groups in total. The van der Waals surface area contributed by atoms with Crippen LogP contribution in [0.25, 0.3) is 11.1 Å². The van der Waals surface area contributed by atoms with Crippen molar-refractivity contribution in [1.29, 1.82) is 0 Å². The zero-order chi connectivity index (χ0) is 39.3. The number of aliphatic hydroxyl groups excluding tert-OH is 3. The van der Waals surface area contributed by atoms with Crippen molar-refractivity contribution in [1.82, 2.24) is 10.6 Å². The zero-order valence-electron chi connectivity index (χ0n) is 29.8. The highest BCUT2D eigenvalue weighted by Gasteiger charge is 2.56. The van der Waals surface area contributed by atoms with Gasteiger partial charge in [0.15, 0.2) is 0 Å². The molecule has 290 valence electrons. The Morgan fingerprint density at radius 1 is 0.926 bits per heavy atom. The Bertz CT molecular complexity index is 1730. The van der Waals surface area contributed by atoms with Gasteiger partial charge in [-0.2, -0.15) is 11.8 Å². The number of ether oxygens (including phenoxy) is 3. The first-order valence-electron chi connectivity index (χ1n) is 17.2. The van der Waals surface area contributed by atoms with Gasteiger partial charge < -0.3 is 50.6 Å². The lowest BCUT2D eigenvalue weighted by Crippen LogP contribution is -2.68. The minimum absolute atomic E-state index is 0.0633. The topological polar surface area (TPSA) is 230 Å². The largest absolute Gasteiger partial charge is 0.478 e. The number of benzene rings is 3. The van der Waals surface area contributed by atoms with E-state index in [9.17, 15) is 39.3 Å². The van der Waals surface area contributed by atoms with E-state index in [4.69, 9.17) is 19.3 Å². The third-order valence-electron chi connectivity index (χ3n) is 8.55. The monoisotopic (exact) mass is 767 g/mol. The highest BCUT2D eigenvalue weighted by atomic mass is 32.2. The molecule has 0 radical (unpaired) electrons. The summed E-state index contributed by atoms with van der Waals surface area (Å²) >= 11 is 1.44. The molecule has 54 heavy (non-hydrogen) atoms. The van der Waals surface area contributed by atoms with Crippen LogP contribution in [0, 0.1) is 0 Å². The SMILES string of the molecule is COC(=O)[C@@]1(OCCCSCCC(=O)Nc2ccc(C(=O)O)cc2)C[C@@H](O)[C@@H](NC(C)=O)C([C@H](O)[C@H](O)CNC(=O)c2ccc(-c3ccccc3)cc2)O1. The van der Waals surface area contributed by atoms with Gasteiger partial charge in [-0.3, -0.25) is 14.4 Å². The van der Waals surface area contributed by atoms with E-state index < -0.39 is 73.0 Å². The minimum Gasteiger partial charge on any atom is -0.478 e. The van der Waals surface area contributed by atoms with Crippen LogP contribution in [0.4, 0.5) is 5.69 Å². The molecule has 0 bridgehead atoms. The molecule has 3 aromatic rings. The molecule has 0 aromatic heterocycles. The fourth-order valence-corrected chi connectivity index (χ4v) is 6.62.